The van der Waals surface area contributed by atoms with Crippen molar-refractivity contribution in [2.24, 2.45) is 22.2 Å². The lowest BCUT2D eigenvalue weighted by Crippen LogP contribution is -2.42. The van der Waals surface area contributed by atoms with Crippen molar-refractivity contribution >= 4 is 41.0 Å². The Bertz CT molecular complexity index is 1730. The van der Waals surface area contributed by atoms with E-state index in [-0.39, 0.29) is 54.9 Å². The molecule has 0 unspecified atom stereocenters. The van der Waals surface area contributed by atoms with E-state index in [9.17, 15) is 29.1 Å². The van der Waals surface area contributed by atoms with Crippen molar-refractivity contribution in [1.82, 2.24) is 5.32 Å². The van der Waals surface area contributed by atoms with Crippen molar-refractivity contribution in [3.8, 4) is 11.1 Å². The predicted molar refractivity (Wildman–Crippen MR) is 188 cm³/mol. The number of alkyl carbamates (subject to hydrolysis) is 1. The van der Waals surface area contributed by atoms with Crippen LogP contribution in [0.1, 0.15) is 82.4 Å². The highest BCUT2D eigenvalue weighted by Crippen LogP contribution is 2.44. The van der Waals surface area contributed by atoms with Crippen LogP contribution in [0, 0.1) is 17.3 Å². The molecule has 1 fully saturated rings. The third-order valence-electron chi connectivity index (χ3n) is 9.08. The molecule has 3 aromatic rings. The molecule has 5 rings (SSSR count). The molecule has 1 saturated carbocycles. The molecule has 1 amide bonds. The zero-order chi connectivity index (χ0) is 36.0. The first-order valence-electron chi connectivity index (χ1n) is 17.0. The van der Waals surface area contributed by atoms with Gasteiger partial charge in [0.1, 0.15) is 36.7 Å². The molecule has 1 atom stereocenters. The number of aliphatic imine (C=N–C) groups is 1. The number of aliphatic carboxylic acids is 1. The molecule has 0 saturated heterocycles. The van der Waals surface area contributed by atoms with E-state index in [0.29, 0.717) is 36.2 Å². The summed E-state index contributed by atoms with van der Waals surface area (Å²) in [4.78, 5) is 67.7. The number of fused-ring (bicyclic) bond motifs is 3. The first kappa shape index (κ1) is 36.2. The van der Waals surface area contributed by atoms with Gasteiger partial charge in [0.2, 0.25) is 0 Å². The number of ether oxygens (including phenoxy) is 2. The number of esters is 1. The smallest absolute Gasteiger partial charge is 0.407 e. The molecule has 2 N–H and O–H groups in total. The van der Waals surface area contributed by atoms with Crippen LogP contribution in [-0.2, 0) is 35.3 Å². The molecule has 262 valence electrons. The fraction of sp³-hybridized carbons (Fsp3) is 0.400. The van der Waals surface area contributed by atoms with Crippen LogP contribution in [0.15, 0.2) is 77.8 Å². The molecule has 3 aromatic carbocycles. The van der Waals surface area contributed by atoms with Crippen molar-refractivity contribution in [2.45, 2.75) is 78.4 Å². The number of Topliss-reactive ketones (excluding diaryl/α,β-unsaturated/α-hetero) is 2. The van der Waals surface area contributed by atoms with Crippen molar-refractivity contribution < 1.29 is 38.6 Å². The normalized spacial score (nSPS) is 16.5. The molecule has 10 nitrogen and oxygen atoms in total. The van der Waals surface area contributed by atoms with E-state index in [1.54, 1.807) is 24.3 Å². The SMILES string of the molecule is CC(C)CC(=Nc1ccc(COC(=O)CC[C@H](NC(=O)OCC2c3ccccc3-c3ccccc32)C(=O)O)cc1)C1C(=O)CC(C)(C)CC1=O. The topological polar surface area (TPSA) is 148 Å². The van der Waals surface area contributed by atoms with Gasteiger partial charge in [0.25, 0.3) is 0 Å². The fourth-order valence-electron chi connectivity index (χ4n) is 6.78. The van der Waals surface area contributed by atoms with E-state index >= 15 is 0 Å². The number of ketones is 2. The number of hydrogen-bond acceptors (Lipinski definition) is 8. The quantitative estimate of drug-likeness (QED) is 0.109. The van der Waals surface area contributed by atoms with Crippen molar-refractivity contribution in [3.05, 3.63) is 89.5 Å². The van der Waals surface area contributed by atoms with Crippen LogP contribution in [0.4, 0.5) is 10.5 Å². The van der Waals surface area contributed by atoms with Gasteiger partial charge in [0.05, 0.1) is 5.69 Å². The van der Waals surface area contributed by atoms with Gasteiger partial charge in [0, 0.05) is 30.9 Å². The van der Waals surface area contributed by atoms with Crippen LogP contribution in [-0.4, -0.2) is 53.1 Å². The predicted octanol–water partition coefficient (Wildman–Crippen LogP) is 7.19. The molecule has 0 radical (unpaired) electrons. The van der Waals surface area contributed by atoms with E-state index < -0.39 is 30.0 Å². The van der Waals surface area contributed by atoms with Crippen molar-refractivity contribution in [2.75, 3.05) is 6.61 Å². The van der Waals surface area contributed by atoms with E-state index in [0.717, 1.165) is 22.3 Å². The first-order chi connectivity index (χ1) is 23.8. The summed E-state index contributed by atoms with van der Waals surface area (Å²) in [6, 6.07) is 21.4. The Morgan fingerprint density at radius 1 is 0.880 bits per heavy atom. The number of rotatable bonds is 13. The number of nitrogens with one attached hydrogen (secondary N) is 1. The third kappa shape index (κ3) is 8.91. The zero-order valence-corrected chi connectivity index (χ0v) is 28.9. The van der Waals surface area contributed by atoms with E-state index in [1.165, 1.54) is 0 Å². The van der Waals surface area contributed by atoms with Gasteiger partial charge < -0.3 is 19.9 Å². The van der Waals surface area contributed by atoms with Crippen LogP contribution in [0.5, 0.6) is 0 Å². The van der Waals surface area contributed by atoms with Gasteiger partial charge in [-0.15, -0.1) is 0 Å². The van der Waals surface area contributed by atoms with Gasteiger partial charge >= 0.3 is 18.0 Å². The first-order valence-corrected chi connectivity index (χ1v) is 17.0. The van der Waals surface area contributed by atoms with Gasteiger partial charge in [-0.2, -0.15) is 0 Å². The van der Waals surface area contributed by atoms with Crippen LogP contribution in [0.3, 0.4) is 0 Å². The van der Waals surface area contributed by atoms with Crippen LogP contribution in [0.2, 0.25) is 0 Å². The Hall–Kier alpha value is -5.12. The van der Waals surface area contributed by atoms with E-state index in [2.05, 4.69) is 5.32 Å². The Morgan fingerprint density at radius 3 is 2.02 bits per heavy atom. The fourth-order valence-corrected chi connectivity index (χ4v) is 6.78. The maximum absolute atomic E-state index is 13.0. The molecule has 0 bridgehead atoms. The molecule has 0 aromatic heterocycles. The standard InChI is InChI=1S/C40H44N2O8/c1-24(2)19-33(37-34(43)20-40(3,4)21-35(37)44)41-26-15-13-25(14-16-26)22-49-36(45)18-17-32(38(46)47)42-39(48)50-23-31-29-11-7-5-9-27(29)28-10-6-8-12-30(28)31/h5-16,24,31-32,37H,17-23H2,1-4H3,(H,42,48)(H,46,47)/t32-/m0/s1. The maximum atomic E-state index is 13.0. The number of carboxylic acid groups (broad SMARTS) is 1. The molecule has 0 aliphatic heterocycles. The summed E-state index contributed by atoms with van der Waals surface area (Å²) in [7, 11) is 0. The summed E-state index contributed by atoms with van der Waals surface area (Å²) in [5, 5.41) is 12.0. The maximum Gasteiger partial charge on any atom is 0.407 e. The van der Waals surface area contributed by atoms with Crippen molar-refractivity contribution in [3.63, 3.8) is 0 Å². The molecular weight excluding hydrogens is 636 g/mol. The lowest BCUT2D eigenvalue weighted by Gasteiger charge is -2.32. The van der Waals surface area contributed by atoms with Gasteiger partial charge in [-0.1, -0.05) is 88.4 Å². The minimum Gasteiger partial charge on any atom is -0.480 e. The number of carbonyl (C=O) groups excluding carboxylic acids is 4. The van der Waals surface area contributed by atoms with E-state index in [4.69, 9.17) is 14.5 Å². The average Bonchev–Trinajstić information content (AvgIpc) is 3.37. The summed E-state index contributed by atoms with van der Waals surface area (Å²) in [5.74, 6) is -2.88. The average molecular weight is 681 g/mol. The lowest BCUT2D eigenvalue weighted by atomic mass is 9.69. The second kappa shape index (κ2) is 15.6. The zero-order valence-electron chi connectivity index (χ0n) is 28.9. The second-order valence-corrected chi connectivity index (χ2v) is 14.3. The van der Waals surface area contributed by atoms with Crippen molar-refractivity contribution in [1.29, 1.82) is 0 Å². The second-order valence-electron chi connectivity index (χ2n) is 14.3. The van der Waals surface area contributed by atoms with Crippen LogP contribution >= 0.6 is 0 Å². The minimum absolute atomic E-state index is 0.0343. The molecule has 0 heterocycles. The summed E-state index contributed by atoms with van der Waals surface area (Å²) in [6.45, 7) is 7.88. The summed E-state index contributed by atoms with van der Waals surface area (Å²) < 4.78 is 10.8. The highest BCUT2D eigenvalue weighted by atomic mass is 16.5. The van der Waals surface area contributed by atoms with Crippen LogP contribution < -0.4 is 5.32 Å². The number of amides is 1. The summed E-state index contributed by atoms with van der Waals surface area (Å²) in [6.07, 6.45) is -0.0991. The summed E-state index contributed by atoms with van der Waals surface area (Å²) in [5.41, 5.74) is 5.72. The Labute approximate surface area is 292 Å². The highest BCUT2D eigenvalue weighted by Gasteiger charge is 2.42. The number of carboxylic acids is 1. The molecule has 2 aliphatic carbocycles. The Balaban J connectivity index is 1.11. The van der Waals surface area contributed by atoms with Gasteiger partial charge in [0.15, 0.2) is 0 Å². The Kier molecular flexibility index (Phi) is 11.3. The highest BCUT2D eigenvalue weighted by molar-refractivity contribution is 6.23. The number of hydrogen-bond donors (Lipinski definition) is 2. The molecule has 2 aliphatic rings. The molecule has 50 heavy (non-hydrogen) atoms. The Morgan fingerprint density at radius 2 is 1.46 bits per heavy atom. The van der Waals surface area contributed by atoms with Gasteiger partial charge in [-0.05, 0) is 64.1 Å². The third-order valence-corrected chi connectivity index (χ3v) is 9.08. The number of benzene rings is 3. The van der Waals surface area contributed by atoms with Gasteiger partial charge in [-0.3, -0.25) is 19.4 Å². The molecular formula is C40H44N2O8. The van der Waals surface area contributed by atoms with Crippen LogP contribution in [0.25, 0.3) is 11.1 Å². The number of carbonyl (C=O) groups is 5. The lowest BCUT2D eigenvalue weighted by molar-refractivity contribution is -0.146. The number of nitrogens with zero attached hydrogens (tertiary/aromatic N) is 1. The molecule has 10 heteroatoms. The summed E-state index contributed by atoms with van der Waals surface area (Å²) >= 11 is 0. The van der Waals surface area contributed by atoms with E-state index in [1.807, 2.05) is 76.2 Å². The minimum atomic E-state index is -1.34. The largest absolute Gasteiger partial charge is 0.480 e. The van der Waals surface area contributed by atoms with Gasteiger partial charge in [-0.25, -0.2) is 9.59 Å². The molecule has 0 spiro atoms. The monoisotopic (exact) mass is 680 g/mol.